The maximum atomic E-state index is 13.6. The van der Waals surface area contributed by atoms with Crippen LogP contribution in [0.2, 0.25) is 0 Å². The lowest BCUT2D eigenvalue weighted by Crippen LogP contribution is -1.94. The molecule has 2 aromatic carbocycles. The quantitative estimate of drug-likeness (QED) is 0.811. The van der Waals surface area contributed by atoms with E-state index in [0.717, 1.165) is 12.1 Å². The van der Waals surface area contributed by atoms with Gasteiger partial charge in [-0.15, -0.1) is 0 Å². The lowest BCUT2D eigenvalue weighted by Gasteiger charge is -2.06. The summed E-state index contributed by atoms with van der Waals surface area (Å²) < 4.78 is 31.9. The van der Waals surface area contributed by atoms with Crippen molar-refractivity contribution >= 4 is 5.69 Å². The van der Waals surface area contributed by atoms with Crippen LogP contribution >= 0.6 is 0 Å². The van der Waals surface area contributed by atoms with E-state index in [9.17, 15) is 8.78 Å². The minimum absolute atomic E-state index is 0.180. The largest absolute Gasteiger partial charge is 0.497 e. The Morgan fingerprint density at radius 2 is 1.65 bits per heavy atom. The van der Waals surface area contributed by atoms with Gasteiger partial charge in [-0.2, -0.15) is 0 Å². The number of rotatable bonds is 2. The SMILES string of the molecule is COc1ccc(-c2cc(F)c(N)cc2F)cc1. The van der Waals surface area contributed by atoms with Gasteiger partial charge in [-0.3, -0.25) is 0 Å². The van der Waals surface area contributed by atoms with Gasteiger partial charge in [0, 0.05) is 11.6 Å². The van der Waals surface area contributed by atoms with Crippen LogP contribution in [0.15, 0.2) is 36.4 Å². The van der Waals surface area contributed by atoms with Crippen molar-refractivity contribution in [2.24, 2.45) is 0 Å². The van der Waals surface area contributed by atoms with E-state index in [-0.39, 0.29) is 11.3 Å². The van der Waals surface area contributed by atoms with Crippen molar-refractivity contribution in [1.82, 2.24) is 0 Å². The van der Waals surface area contributed by atoms with E-state index >= 15 is 0 Å². The van der Waals surface area contributed by atoms with E-state index in [0.29, 0.717) is 11.3 Å². The molecule has 0 saturated heterocycles. The molecule has 0 aliphatic heterocycles. The molecule has 0 fully saturated rings. The van der Waals surface area contributed by atoms with Crippen molar-refractivity contribution in [2.45, 2.75) is 0 Å². The first-order chi connectivity index (χ1) is 8.11. The number of nitrogen functional groups attached to an aromatic ring is 1. The fourth-order valence-corrected chi connectivity index (χ4v) is 1.55. The van der Waals surface area contributed by atoms with E-state index in [1.807, 2.05) is 0 Å². The Bertz CT molecular complexity index is 538. The molecule has 0 heterocycles. The molecule has 0 atom stereocenters. The topological polar surface area (TPSA) is 35.2 Å². The Labute approximate surface area is 97.6 Å². The van der Waals surface area contributed by atoms with Crippen molar-refractivity contribution < 1.29 is 13.5 Å². The van der Waals surface area contributed by atoms with Crippen LogP contribution in [-0.4, -0.2) is 7.11 Å². The Morgan fingerprint density at radius 3 is 2.24 bits per heavy atom. The number of ether oxygens (including phenoxy) is 1. The van der Waals surface area contributed by atoms with E-state index < -0.39 is 11.6 Å². The molecule has 88 valence electrons. The van der Waals surface area contributed by atoms with Crippen molar-refractivity contribution in [3.05, 3.63) is 48.0 Å². The molecule has 0 amide bonds. The second kappa shape index (κ2) is 4.41. The van der Waals surface area contributed by atoms with Gasteiger partial charge in [-0.25, -0.2) is 8.78 Å². The molecule has 2 aromatic rings. The number of nitrogens with two attached hydrogens (primary N) is 1. The van der Waals surface area contributed by atoms with Gasteiger partial charge in [-0.1, -0.05) is 12.1 Å². The Kier molecular flexibility index (Phi) is 2.95. The third kappa shape index (κ3) is 2.20. The third-order valence-electron chi connectivity index (χ3n) is 2.49. The molecule has 0 radical (unpaired) electrons. The van der Waals surface area contributed by atoms with Crippen LogP contribution in [0.5, 0.6) is 5.75 Å². The normalized spacial score (nSPS) is 10.3. The Hall–Kier alpha value is -2.10. The minimum atomic E-state index is -0.628. The number of benzene rings is 2. The van der Waals surface area contributed by atoms with Crippen molar-refractivity contribution in [3.63, 3.8) is 0 Å². The fourth-order valence-electron chi connectivity index (χ4n) is 1.55. The second-order valence-electron chi connectivity index (χ2n) is 3.58. The summed E-state index contributed by atoms with van der Waals surface area (Å²) in [6, 6.07) is 8.76. The van der Waals surface area contributed by atoms with Crippen LogP contribution in [-0.2, 0) is 0 Å². The van der Waals surface area contributed by atoms with Crippen molar-refractivity contribution in [2.75, 3.05) is 12.8 Å². The highest BCUT2D eigenvalue weighted by Crippen LogP contribution is 2.27. The summed E-state index contributed by atoms with van der Waals surface area (Å²) in [6.07, 6.45) is 0. The van der Waals surface area contributed by atoms with Gasteiger partial charge in [0.15, 0.2) is 0 Å². The predicted octanol–water partition coefficient (Wildman–Crippen LogP) is 3.22. The second-order valence-corrected chi connectivity index (χ2v) is 3.58. The molecule has 0 saturated carbocycles. The highest BCUT2D eigenvalue weighted by Gasteiger charge is 2.09. The standard InChI is InChI=1S/C13H11F2NO/c1-17-9-4-2-8(3-5-9)10-6-12(15)13(16)7-11(10)14/h2-7H,16H2,1H3. The van der Waals surface area contributed by atoms with Crippen molar-refractivity contribution in [3.8, 4) is 16.9 Å². The first-order valence-corrected chi connectivity index (χ1v) is 5.01. The zero-order valence-corrected chi connectivity index (χ0v) is 9.21. The highest BCUT2D eigenvalue weighted by atomic mass is 19.1. The molecule has 0 aromatic heterocycles. The molecule has 2 nitrogen and oxygen atoms in total. The van der Waals surface area contributed by atoms with Gasteiger partial charge in [0.25, 0.3) is 0 Å². The lowest BCUT2D eigenvalue weighted by atomic mass is 10.0. The average molecular weight is 235 g/mol. The number of methoxy groups -OCH3 is 1. The van der Waals surface area contributed by atoms with E-state index in [1.54, 1.807) is 31.4 Å². The molecule has 2 rings (SSSR count). The zero-order chi connectivity index (χ0) is 12.4. The first-order valence-electron chi connectivity index (χ1n) is 5.01. The minimum Gasteiger partial charge on any atom is -0.497 e. The Balaban J connectivity index is 2.48. The predicted molar refractivity (Wildman–Crippen MR) is 62.8 cm³/mol. The number of anilines is 1. The first kappa shape index (κ1) is 11.4. The van der Waals surface area contributed by atoms with E-state index in [2.05, 4.69) is 0 Å². The molecular weight excluding hydrogens is 224 g/mol. The molecule has 17 heavy (non-hydrogen) atoms. The molecule has 2 N–H and O–H groups in total. The molecule has 0 bridgehead atoms. The van der Waals surface area contributed by atoms with Crippen LogP contribution in [0.25, 0.3) is 11.1 Å². The van der Waals surface area contributed by atoms with Gasteiger partial charge in [-0.05, 0) is 23.8 Å². The highest BCUT2D eigenvalue weighted by molar-refractivity contribution is 5.67. The summed E-state index contributed by atoms with van der Waals surface area (Å²) in [4.78, 5) is 0. The fraction of sp³-hybridized carbons (Fsp3) is 0.0769. The van der Waals surface area contributed by atoms with Gasteiger partial charge < -0.3 is 10.5 Å². The van der Waals surface area contributed by atoms with Crippen LogP contribution < -0.4 is 10.5 Å². The monoisotopic (exact) mass is 235 g/mol. The zero-order valence-electron chi connectivity index (χ0n) is 9.21. The average Bonchev–Trinajstić information content (AvgIpc) is 2.34. The van der Waals surface area contributed by atoms with E-state index in [4.69, 9.17) is 10.5 Å². The van der Waals surface area contributed by atoms with Gasteiger partial charge >= 0.3 is 0 Å². The lowest BCUT2D eigenvalue weighted by molar-refractivity contribution is 0.415. The summed E-state index contributed by atoms with van der Waals surface area (Å²) in [5.74, 6) is -0.517. The van der Waals surface area contributed by atoms with Gasteiger partial charge in [0.05, 0.1) is 12.8 Å². The molecule has 0 aliphatic rings. The van der Waals surface area contributed by atoms with Gasteiger partial charge in [0.1, 0.15) is 17.4 Å². The number of hydrogen-bond acceptors (Lipinski definition) is 2. The maximum Gasteiger partial charge on any atom is 0.146 e. The summed E-state index contributed by atoms with van der Waals surface area (Å²) in [7, 11) is 1.54. The van der Waals surface area contributed by atoms with Crippen LogP contribution in [0.1, 0.15) is 0 Å². The van der Waals surface area contributed by atoms with Crippen LogP contribution in [0, 0.1) is 11.6 Å². The summed E-state index contributed by atoms with van der Waals surface area (Å²) >= 11 is 0. The maximum absolute atomic E-state index is 13.6. The van der Waals surface area contributed by atoms with E-state index in [1.165, 1.54) is 0 Å². The summed E-state index contributed by atoms with van der Waals surface area (Å²) in [5.41, 5.74) is 5.84. The third-order valence-corrected chi connectivity index (χ3v) is 2.49. The van der Waals surface area contributed by atoms with Gasteiger partial charge in [0.2, 0.25) is 0 Å². The molecule has 0 spiro atoms. The smallest absolute Gasteiger partial charge is 0.146 e. The molecule has 0 unspecified atom stereocenters. The molecule has 4 heteroatoms. The van der Waals surface area contributed by atoms with Crippen LogP contribution in [0.3, 0.4) is 0 Å². The van der Waals surface area contributed by atoms with Crippen molar-refractivity contribution in [1.29, 1.82) is 0 Å². The Morgan fingerprint density at radius 1 is 1.00 bits per heavy atom. The summed E-state index contributed by atoms with van der Waals surface area (Å²) in [6.45, 7) is 0. The number of halogens is 2. The summed E-state index contributed by atoms with van der Waals surface area (Å²) in [5, 5.41) is 0. The molecule has 0 aliphatic carbocycles. The van der Waals surface area contributed by atoms with Crippen LogP contribution in [0.4, 0.5) is 14.5 Å². The molecular formula is C13H11F2NO. The number of hydrogen-bond donors (Lipinski definition) is 1.